The summed E-state index contributed by atoms with van der Waals surface area (Å²) in [5.41, 5.74) is 1.12. The monoisotopic (exact) mass is 267 g/mol. The third-order valence-corrected chi connectivity index (χ3v) is 3.18. The van der Waals surface area contributed by atoms with Crippen LogP contribution in [0.25, 0.3) is 0 Å². The second-order valence-corrected chi connectivity index (χ2v) is 4.66. The van der Waals surface area contributed by atoms with E-state index in [0.717, 1.165) is 31.6 Å². The first-order chi connectivity index (χ1) is 9.19. The number of unbranched alkanes of at least 4 members (excludes halogenated alkanes) is 2. The highest BCUT2D eigenvalue weighted by Crippen LogP contribution is 2.28. The Hall–Kier alpha value is -1.26. The van der Waals surface area contributed by atoms with Gasteiger partial charge in [0.15, 0.2) is 11.5 Å². The van der Waals surface area contributed by atoms with E-state index in [0.29, 0.717) is 5.75 Å². The molecule has 0 heterocycles. The van der Waals surface area contributed by atoms with E-state index in [1.807, 2.05) is 12.1 Å². The fourth-order valence-corrected chi connectivity index (χ4v) is 1.95. The summed E-state index contributed by atoms with van der Waals surface area (Å²) in [6.07, 6.45) is 3.43. The molecule has 0 fully saturated rings. The molecule has 1 aromatic carbocycles. The quantitative estimate of drug-likeness (QED) is 0.675. The van der Waals surface area contributed by atoms with E-state index in [-0.39, 0.29) is 11.8 Å². The van der Waals surface area contributed by atoms with Crippen molar-refractivity contribution < 1.29 is 14.6 Å². The first kappa shape index (κ1) is 15.8. The molecule has 0 aliphatic rings. The van der Waals surface area contributed by atoms with Crippen LogP contribution in [-0.2, 0) is 4.74 Å². The molecular weight excluding hydrogens is 242 g/mol. The van der Waals surface area contributed by atoms with E-state index in [1.54, 1.807) is 20.3 Å². The van der Waals surface area contributed by atoms with Crippen LogP contribution in [0.15, 0.2) is 18.2 Å². The number of rotatable bonds is 9. The largest absolute Gasteiger partial charge is 0.504 e. The summed E-state index contributed by atoms with van der Waals surface area (Å²) in [7, 11) is 3.30. The van der Waals surface area contributed by atoms with E-state index in [2.05, 4.69) is 12.2 Å². The van der Waals surface area contributed by atoms with Crippen LogP contribution in [0.4, 0.5) is 0 Å². The molecule has 0 spiro atoms. The number of methoxy groups -OCH3 is 2. The van der Waals surface area contributed by atoms with Crippen LogP contribution in [0.1, 0.15) is 37.8 Å². The number of aromatic hydroxyl groups is 1. The minimum Gasteiger partial charge on any atom is -0.504 e. The van der Waals surface area contributed by atoms with Crippen molar-refractivity contribution in [2.45, 2.75) is 32.2 Å². The van der Waals surface area contributed by atoms with E-state index >= 15 is 0 Å². The molecule has 0 bridgehead atoms. The summed E-state index contributed by atoms with van der Waals surface area (Å²) in [6.45, 7) is 3.93. The van der Waals surface area contributed by atoms with Crippen molar-refractivity contribution in [2.24, 2.45) is 0 Å². The van der Waals surface area contributed by atoms with Crippen molar-refractivity contribution in [1.29, 1.82) is 0 Å². The molecule has 4 nitrogen and oxygen atoms in total. The summed E-state index contributed by atoms with van der Waals surface area (Å²) in [6, 6.07) is 5.71. The van der Waals surface area contributed by atoms with Crippen molar-refractivity contribution in [3.05, 3.63) is 23.8 Å². The van der Waals surface area contributed by atoms with Gasteiger partial charge in [-0.05, 0) is 50.4 Å². The predicted octanol–water partition coefficient (Wildman–Crippen LogP) is 2.87. The average Bonchev–Trinajstić information content (AvgIpc) is 2.43. The van der Waals surface area contributed by atoms with Gasteiger partial charge in [0, 0.05) is 19.8 Å². The SMILES string of the molecule is COCCCCCNC(C)c1ccc(O)c(OC)c1. The molecule has 0 saturated heterocycles. The van der Waals surface area contributed by atoms with Crippen molar-refractivity contribution in [1.82, 2.24) is 5.32 Å². The number of benzene rings is 1. The van der Waals surface area contributed by atoms with Crippen LogP contribution in [0, 0.1) is 0 Å². The Morgan fingerprint density at radius 1 is 1.21 bits per heavy atom. The Morgan fingerprint density at radius 2 is 2.00 bits per heavy atom. The first-order valence-electron chi connectivity index (χ1n) is 6.78. The predicted molar refractivity (Wildman–Crippen MR) is 76.8 cm³/mol. The Labute approximate surface area is 115 Å². The van der Waals surface area contributed by atoms with E-state index in [9.17, 15) is 5.11 Å². The van der Waals surface area contributed by atoms with Gasteiger partial charge >= 0.3 is 0 Å². The van der Waals surface area contributed by atoms with Gasteiger partial charge in [-0.2, -0.15) is 0 Å². The summed E-state index contributed by atoms with van der Waals surface area (Å²) >= 11 is 0. The highest BCUT2D eigenvalue weighted by Gasteiger charge is 2.08. The van der Waals surface area contributed by atoms with Crippen LogP contribution >= 0.6 is 0 Å². The van der Waals surface area contributed by atoms with Crippen LogP contribution in [0.2, 0.25) is 0 Å². The Balaban J connectivity index is 2.34. The van der Waals surface area contributed by atoms with Gasteiger partial charge in [0.1, 0.15) is 0 Å². The third kappa shape index (κ3) is 5.49. The van der Waals surface area contributed by atoms with Gasteiger partial charge in [-0.15, -0.1) is 0 Å². The zero-order chi connectivity index (χ0) is 14.1. The van der Waals surface area contributed by atoms with Gasteiger partial charge in [-0.3, -0.25) is 0 Å². The minimum atomic E-state index is 0.179. The van der Waals surface area contributed by atoms with E-state index < -0.39 is 0 Å². The fraction of sp³-hybridized carbons (Fsp3) is 0.600. The van der Waals surface area contributed by atoms with Crippen molar-refractivity contribution in [3.63, 3.8) is 0 Å². The van der Waals surface area contributed by atoms with Gasteiger partial charge in [0.25, 0.3) is 0 Å². The van der Waals surface area contributed by atoms with Gasteiger partial charge in [-0.25, -0.2) is 0 Å². The smallest absolute Gasteiger partial charge is 0.160 e. The summed E-state index contributed by atoms with van der Waals surface area (Å²) in [5.74, 6) is 0.698. The number of nitrogens with one attached hydrogen (secondary N) is 1. The summed E-state index contributed by atoms with van der Waals surface area (Å²) < 4.78 is 10.1. The molecule has 4 heteroatoms. The van der Waals surface area contributed by atoms with Gasteiger partial charge in [0.05, 0.1) is 7.11 Å². The van der Waals surface area contributed by atoms with Gasteiger partial charge in [0.2, 0.25) is 0 Å². The lowest BCUT2D eigenvalue weighted by molar-refractivity contribution is 0.192. The van der Waals surface area contributed by atoms with E-state index in [4.69, 9.17) is 9.47 Å². The fourth-order valence-electron chi connectivity index (χ4n) is 1.95. The average molecular weight is 267 g/mol. The van der Waals surface area contributed by atoms with Crippen LogP contribution in [0.5, 0.6) is 11.5 Å². The number of phenols is 1. The maximum Gasteiger partial charge on any atom is 0.160 e. The molecule has 0 aromatic heterocycles. The second-order valence-electron chi connectivity index (χ2n) is 4.66. The summed E-state index contributed by atoms with van der Waals surface area (Å²) in [4.78, 5) is 0. The van der Waals surface area contributed by atoms with Crippen molar-refractivity contribution in [2.75, 3.05) is 27.4 Å². The molecule has 0 saturated carbocycles. The molecule has 1 aromatic rings. The van der Waals surface area contributed by atoms with Crippen LogP contribution in [-0.4, -0.2) is 32.5 Å². The molecular formula is C15H25NO3. The molecule has 1 atom stereocenters. The van der Waals surface area contributed by atoms with Crippen LogP contribution in [0.3, 0.4) is 0 Å². The third-order valence-electron chi connectivity index (χ3n) is 3.18. The Morgan fingerprint density at radius 3 is 2.68 bits per heavy atom. The maximum absolute atomic E-state index is 9.56. The lowest BCUT2D eigenvalue weighted by Crippen LogP contribution is -2.19. The molecule has 0 aliphatic carbocycles. The molecule has 19 heavy (non-hydrogen) atoms. The molecule has 0 radical (unpaired) electrons. The number of hydrogen-bond acceptors (Lipinski definition) is 4. The zero-order valence-corrected chi connectivity index (χ0v) is 12.1. The molecule has 2 N–H and O–H groups in total. The number of ether oxygens (including phenoxy) is 2. The summed E-state index contributed by atoms with van der Waals surface area (Å²) in [5, 5.41) is 13.0. The second kappa shape index (κ2) is 8.77. The van der Waals surface area contributed by atoms with Crippen molar-refractivity contribution >= 4 is 0 Å². The van der Waals surface area contributed by atoms with Gasteiger partial charge < -0.3 is 19.9 Å². The van der Waals surface area contributed by atoms with Crippen molar-refractivity contribution in [3.8, 4) is 11.5 Å². The Bertz CT molecular complexity index is 368. The molecule has 108 valence electrons. The standard InChI is InChI=1S/C15H25NO3/c1-12(16-9-5-4-6-10-18-2)13-7-8-14(17)15(11-13)19-3/h7-8,11-12,16-17H,4-6,9-10H2,1-3H3. The normalized spacial score (nSPS) is 12.4. The lowest BCUT2D eigenvalue weighted by Gasteiger charge is -2.15. The molecule has 1 rings (SSSR count). The lowest BCUT2D eigenvalue weighted by atomic mass is 10.1. The van der Waals surface area contributed by atoms with Crippen LogP contribution < -0.4 is 10.1 Å². The Kier molecular flexibility index (Phi) is 7.30. The minimum absolute atomic E-state index is 0.179. The van der Waals surface area contributed by atoms with Gasteiger partial charge in [-0.1, -0.05) is 6.07 Å². The number of hydrogen-bond donors (Lipinski definition) is 2. The maximum atomic E-state index is 9.56. The molecule has 1 unspecified atom stereocenters. The first-order valence-corrected chi connectivity index (χ1v) is 6.78. The number of phenolic OH excluding ortho intramolecular Hbond substituents is 1. The van der Waals surface area contributed by atoms with E-state index in [1.165, 1.54) is 6.42 Å². The molecule has 0 aliphatic heterocycles. The topological polar surface area (TPSA) is 50.7 Å². The zero-order valence-electron chi connectivity index (χ0n) is 12.1. The highest BCUT2D eigenvalue weighted by molar-refractivity contribution is 5.42. The molecule has 0 amide bonds. The highest BCUT2D eigenvalue weighted by atomic mass is 16.5.